The summed E-state index contributed by atoms with van der Waals surface area (Å²) < 4.78 is 1.85. The SMILES string of the molecule is Cn1cc(C=O)c2cnc(Cl)cc21. The van der Waals surface area contributed by atoms with Gasteiger partial charge in [0.2, 0.25) is 0 Å². The lowest BCUT2D eigenvalue weighted by Gasteiger charge is -1.94. The fourth-order valence-corrected chi connectivity index (χ4v) is 1.53. The summed E-state index contributed by atoms with van der Waals surface area (Å²) in [7, 11) is 1.87. The number of aromatic nitrogens is 2. The summed E-state index contributed by atoms with van der Waals surface area (Å²) >= 11 is 5.73. The number of fused-ring (bicyclic) bond motifs is 1. The number of aldehydes is 1. The van der Waals surface area contributed by atoms with E-state index in [0.717, 1.165) is 17.2 Å². The van der Waals surface area contributed by atoms with Gasteiger partial charge in [-0.1, -0.05) is 11.6 Å². The molecule has 0 bridgehead atoms. The van der Waals surface area contributed by atoms with E-state index in [1.54, 1.807) is 18.5 Å². The molecular weight excluding hydrogens is 188 g/mol. The van der Waals surface area contributed by atoms with Gasteiger partial charge < -0.3 is 4.57 Å². The van der Waals surface area contributed by atoms with Crippen molar-refractivity contribution in [1.82, 2.24) is 9.55 Å². The van der Waals surface area contributed by atoms with E-state index in [-0.39, 0.29) is 0 Å². The fourth-order valence-electron chi connectivity index (χ4n) is 1.38. The van der Waals surface area contributed by atoms with E-state index in [4.69, 9.17) is 11.6 Å². The molecule has 2 aromatic rings. The largest absolute Gasteiger partial charge is 0.350 e. The van der Waals surface area contributed by atoms with Gasteiger partial charge in [0.05, 0.1) is 5.52 Å². The second-order valence-corrected chi connectivity index (χ2v) is 3.22. The fraction of sp³-hybridized carbons (Fsp3) is 0.111. The van der Waals surface area contributed by atoms with Crippen molar-refractivity contribution in [3.05, 3.63) is 29.2 Å². The van der Waals surface area contributed by atoms with Crippen molar-refractivity contribution in [3.8, 4) is 0 Å². The second-order valence-electron chi connectivity index (χ2n) is 2.84. The Morgan fingerprint density at radius 1 is 1.62 bits per heavy atom. The standard InChI is InChI=1S/C9H7ClN2O/c1-12-4-6(5-13)7-3-11-9(10)2-8(7)12/h2-5H,1H3. The minimum absolute atomic E-state index is 0.436. The first-order chi connectivity index (χ1) is 6.22. The number of carbonyl (C=O) groups is 1. The Labute approximate surface area is 79.9 Å². The highest BCUT2D eigenvalue weighted by atomic mass is 35.5. The van der Waals surface area contributed by atoms with Crippen molar-refractivity contribution >= 4 is 28.8 Å². The van der Waals surface area contributed by atoms with Crippen molar-refractivity contribution in [3.63, 3.8) is 0 Å². The van der Waals surface area contributed by atoms with Crippen LogP contribution in [0.2, 0.25) is 5.15 Å². The van der Waals surface area contributed by atoms with Gasteiger partial charge in [0.25, 0.3) is 0 Å². The molecule has 2 rings (SSSR count). The smallest absolute Gasteiger partial charge is 0.152 e. The Balaban J connectivity index is 2.88. The van der Waals surface area contributed by atoms with Crippen molar-refractivity contribution in [1.29, 1.82) is 0 Å². The summed E-state index contributed by atoms with van der Waals surface area (Å²) in [5, 5.41) is 1.27. The molecule has 0 aliphatic carbocycles. The maximum absolute atomic E-state index is 10.6. The molecule has 0 fully saturated rings. The third-order valence-corrected chi connectivity index (χ3v) is 2.21. The summed E-state index contributed by atoms with van der Waals surface area (Å²) in [6, 6.07) is 1.74. The van der Waals surface area contributed by atoms with Gasteiger partial charge in [-0.05, 0) is 6.07 Å². The van der Waals surface area contributed by atoms with Crippen molar-refractivity contribution in [2.24, 2.45) is 7.05 Å². The van der Waals surface area contributed by atoms with E-state index in [0.29, 0.717) is 10.7 Å². The van der Waals surface area contributed by atoms with E-state index >= 15 is 0 Å². The van der Waals surface area contributed by atoms with Gasteiger partial charge in [0, 0.05) is 30.4 Å². The number of halogens is 1. The van der Waals surface area contributed by atoms with Crippen molar-refractivity contribution in [2.75, 3.05) is 0 Å². The zero-order valence-electron chi connectivity index (χ0n) is 6.99. The number of pyridine rings is 1. The summed E-state index contributed by atoms with van der Waals surface area (Å²) in [5.74, 6) is 0. The first kappa shape index (κ1) is 8.26. The van der Waals surface area contributed by atoms with Crippen LogP contribution in [0.1, 0.15) is 10.4 Å². The predicted molar refractivity (Wildman–Crippen MR) is 51.1 cm³/mol. The molecule has 0 radical (unpaired) electrons. The Bertz CT molecular complexity index is 476. The molecule has 0 spiro atoms. The third kappa shape index (κ3) is 1.21. The highest BCUT2D eigenvalue weighted by molar-refractivity contribution is 6.30. The van der Waals surface area contributed by atoms with E-state index in [2.05, 4.69) is 4.98 Å². The Morgan fingerprint density at radius 2 is 2.38 bits per heavy atom. The van der Waals surface area contributed by atoms with Crippen LogP contribution in [0.25, 0.3) is 10.9 Å². The quantitative estimate of drug-likeness (QED) is 0.514. The monoisotopic (exact) mass is 194 g/mol. The van der Waals surface area contributed by atoms with Crippen molar-refractivity contribution < 1.29 is 4.79 Å². The average molecular weight is 195 g/mol. The van der Waals surface area contributed by atoms with E-state index in [1.807, 2.05) is 11.6 Å². The molecule has 0 aromatic carbocycles. The van der Waals surface area contributed by atoms with E-state index in [1.165, 1.54) is 0 Å². The van der Waals surface area contributed by atoms with Crippen LogP contribution >= 0.6 is 11.6 Å². The molecule has 0 unspecified atom stereocenters. The van der Waals surface area contributed by atoms with Crippen LogP contribution < -0.4 is 0 Å². The van der Waals surface area contributed by atoms with Gasteiger partial charge in [-0.2, -0.15) is 0 Å². The zero-order chi connectivity index (χ0) is 9.42. The average Bonchev–Trinajstić information content (AvgIpc) is 2.43. The predicted octanol–water partition coefficient (Wildman–Crippen LogP) is 2.04. The van der Waals surface area contributed by atoms with Crippen LogP contribution in [0.5, 0.6) is 0 Å². The molecule has 0 saturated heterocycles. The van der Waals surface area contributed by atoms with Gasteiger partial charge in [-0.15, -0.1) is 0 Å². The van der Waals surface area contributed by atoms with Crippen LogP contribution in [0.15, 0.2) is 18.5 Å². The maximum atomic E-state index is 10.6. The molecule has 66 valence electrons. The summed E-state index contributed by atoms with van der Waals surface area (Å²) in [5.41, 5.74) is 1.56. The molecular formula is C9H7ClN2O. The van der Waals surface area contributed by atoms with Gasteiger partial charge in [-0.25, -0.2) is 4.98 Å². The molecule has 2 heterocycles. The van der Waals surface area contributed by atoms with Crippen molar-refractivity contribution in [2.45, 2.75) is 0 Å². The number of rotatable bonds is 1. The molecule has 0 amide bonds. The lowest BCUT2D eigenvalue weighted by atomic mass is 10.2. The number of carbonyl (C=O) groups excluding carboxylic acids is 1. The first-order valence-electron chi connectivity index (χ1n) is 3.78. The molecule has 0 aliphatic heterocycles. The molecule has 4 heteroatoms. The summed E-state index contributed by atoms with van der Waals surface area (Å²) in [4.78, 5) is 14.6. The molecule has 3 nitrogen and oxygen atoms in total. The Hall–Kier alpha value is -1.35. The normalized spacial score (nSPS) is 10.6. The van der Waals surface area contributed by atoms with E-state index in [9.17, 15) is 4.79 Å². The summed E-state index contributed by atoms with van der Waals surface area (Å²) in [6.07, 6.45) is 4.19. The Morgan fingerprint density at radius 3 is 3.08 bits per heavy atom. The highest BCUT2D eigenvalue weighted by Crippen LogP contribution is 2.20. The number of hydrogen-bond donors (Lipinski definition) is 0. The van der Waals surface area contributed by atoms with Crippen LogP contribution in [0.4, 0.5) is 0 Å². The van der Waals surface area contributed by atoms with Gasteiger partial charge in [-0.3, -0.25) is 4.79 Å². The second kappa shape index (κ2) is 2.85. The molecule has 0 saturated carbocycles. The number of nitrogens with zero attached hydrogens (tertiary/aromatic N) is 2. The Kier molecular flexibility index (Phi) is 1.81. The topological polar surface area (TPSA) is 34.9 Å². The highest BCUT2D eigenvalue weighted by Gasteiger charge is 2.05. The van der Waals surface area contributed by atoms with Gasteiger partial charge in [0.1, 0.15) is 5.15 Å². The molecule has 0 aliphatic rings. The first-order valence-corrected chi connectivity index (χ1v) is 4.16. The lowest BCUT2D eigenvalue weighted by Crippen LogP contribution is -1.83. The van der Waals surface area contributed by atoms with Crippen LogP contribution in [-0.4, -0.2) is 15.8 Å². The van der Waals surface area contributed by atoms with Crippen LogP contribution in [0.3, 0.4) is 0 Å². The maximum Gasteiger partial charge on any atom is 0.152 e. The summed E-state index contributed by atoms with van der Waals surface area (Å²) in [6.45, 7) is 0. The minimum Gasteiger partial charge on any atom is -0.350 e. The van der Waals surface area contributed by atoms with Crippen LogP contribution in [-0.2, 0) is 7.05 Å². The minimum atomic E-state index is 0.436. The lowest BCUT2D eigenvalue weighted by molar-refractivity contribution is 0.112. The molecule has 0 N–H and O–H groups in total. The number of aryl methyl sites for hydroxylation is 1. The van der Waals surface area contributed by atoms with Crippen LogP contribution in [0, 0.1) is 0 Å². The third-order valence-electron chi connectivity index (χ3n) is 2.00. The number of hydrogen-bond acceptors (Lipinski definition) is 2. The molecule has 2 aromatic heterocycles. The van der Waals surface area contributed by atoms with E-state index < -0.39 is 0 Å². The van der Waals surface area contributed by atoms with Gasteiger partial charge >= 0.3 is 0 Å². The van der Waals surface area contributed by atoms with Gasteiger partial charge in [0.15, 0.2) is 6.29 Å². The zero-order valence-corrected chi connectivity index (χ0v) is 7.75. The molecule has 13 heavy (non-hydrogen) atoms. The molecule has 0 atom stereocenters.